The maximum Gasteiger partial charge on any atom is 0.258 e. The molecule has 0 spiro atoms. The predicted molar refractivity (Wildman–Crippen MR) is 169 cm³/mol. The number of amides is 1. The SMILES string of the molecule is CN(C)C1CCN(c2ccc(C(=O)Nc3n[nH]c4ccc(S(=O)(=O)c5cccc(F)c5)cc34)c(NC3CCOCC3)c2)CC1. The van der Waals surface area contributed by atoms with Crippen LogP contribution in [0.4, 0.5) is 21.6 Å². The van der Waals surface area contributed by atoms with Crippen LogP contribution < -0.4 is 15.5 Å². The van der Waals surface area contributed by atoms with Crippen LogP contribution in [0.3, 0.4) is 0 Å². The van der Waals surface area contributed by atoms with Crippen LogP contribution in [-0.4, -0.2) is 81.9 Å². The van der Waals surface area contributed by atoms with Gasteiger partial charge in [0.15, 0.2) is 5.82 Å². The van der Waals surface area contributed by atoms with Gasteiger partial charge < -0.3 is 25.2 Å². The number of aromatic nitrogens is 2. The molecule has 2 aliphatic rings. The van der Waals surface area contributed by atoms with Crippen molar-refractivity contribution < 1.29 is 22.3 Å². The van der Waals surface area contributed by atoms with Gasteiger partial charge in [0, 0.05) is 55.1 Å². The molecule has 1 aromatic heterocycles. The molecule has 0 saturated carbocycles. The van der Waals surface area contributed by atoms with Gasteiger partial charge in [-0.2, -0.15) is 5.10 Å². The number of H-pyrrole nitrogens is 1. The standard InChI is InChI=1S/C32H37FN6O4S/c1-38(2)23-10-14-39(15-11-23)24-6-8-27(30(19-24)34-22-12-16-43-17-13-22)32(40)35-31-28-20-26(7-9-29(28)36-37-31)44(41,42)25-5-3-4-21(33)18-25/h3-9,18-20,22-23,34H,10-17H2,1-2H3,(H2,35,36,37,40). The van der Waals surface area contributed by atoms with Gasteiger partial charge in [-0.05, 0) is 94.4 Å². The molecule has 12 heteroatoms. The first-order valence-electron chi connectivity index (χ1n) is 14.9. The lowest BCUT2D eigenvalue weighted by molar-refractivity contribution is 0.0904. The van der Waals surface area contributed by atoms with E-state index in [2.05, 4.69) is 44.7 Å². The Balaban J connectivity index is 1.28. The number of nitrogens with one attached hydrogen (secondary N) is 3. The molecule has 2 saturated heterocycles. The van der Waals surface area contributed by atoms with Crippen molar-refractivity contribution >= 4 is 43.8 Å². The summed E-state index contributed by atoms with van der Waals surface area (Å²) in [4.78, 5) is 18.2. The fourth-order valence-electron chi connectivity index (χ4n) is 5.95. The number of carbonyl (C=O) groups excluding carboxylic acids is 1. The van der Waals surface area contributed by atoms with E-state index in [1.165, 1.54) is 30.3 Å². The normalized spacial score (nSPS) is 16.9. The highest BCUT2D eigenvalue weighted by Gasteiger charge is 2.25. The van der Waals surface area contributed by atoms with E-state index < -0.39 is 15.7 Å². The fraction of sp³-hybridized carbons (Fsp3) is 0.375. The fourth-order valence-corrected chi connectivity index (χ4v) is 7.27. The zero-order valence-electron chi connectivity index (χ0n) is 24.8. The van der Waals surface area contributed by atoms with Gasteiger partial charge in [-0.3, -0.25) is 9.89 Å². The van der Waals surface area contributed by atoms with E-state index in [4.69, 9.17) is 4.74 Å². The highest BCUT2D eigenvalue weighted by atomic mass is 32.2. The smallest absolute Gasteiger partial charge is 0.258 e. The van der Waals surface area contributed by atoms with E-state index in [1.807, 2.05) is 18.2 Å². The van der Waals surface area contributed by atoms with Gasteiger partial charge in [0.05, 0.1) is 20.9 Å². The molecule has 1 amide bonds. The van der Waals surface area contributed by atoms with Crippen molar-refractivity contribution in [3.8, 4) is 0 Å². The lowest BCUT2D eigenvalue weighted by atomic mass is 10.0. The van der Waals surface area contributed by atoms with E-state index in [0.29, 0.717) is 35.7 Å². The first kappa shape index (κ1) is 30.0. The first-order chi connectivity index (χ1) is 21.2. The molecule has 2 fully saturated rings. The van der Waals surface area contributed by atoms with Crippen LogP contribution in [0.25, 0.3) is 10.9 Å². The van der Waals surface area contributed by atoms with Gasteiger partial charge in [0.2, 0.25) is 9.84 Å². The van der Waals surface area contributed by atoms with E-state index in [-0.39, 0.29) is 27.6 Å². The van der Waals surface area contributed by atoms with Crippen LogP contribution >= 0.6 is 0 Å². The van der Waals surface area contributed by atoms with Crippen molar-refractivity contribution in [2.24, 2.45) is 0 Å². The molecular formula is C32H37FN6O4S. The highest BCUT2D eigenvalue weighted by molar-refractivity contribution is 7.91. The molecule has 0 radical (unpaired) electrons. The second-order valence-corrected chi connectivity index (χ2v) is 13.6. The maximum absolute atomic E-state index is 13.8. The summed E-state index contributed by atoms with van der Waals surface area (Å²) in [7, 11) is 0.246. The number of nitrogens with zero attached hydrogens (tertiary/aromatic N) is 3. The minimum absolute atomic E-state index is 0.0308. The van der Waals surface area contributed by atoms with Crippen molar-refractivity contribution in [2.75, 3.05) is 55.9 Å². The second-order valence-electron chi connectivity index (χ2n) is 11.6. The Hall–Kier alpha value is -4.00. The Kier molecular flexibility index (Phi) is 8.57. The predicted octanol–water partition coefficient (Wildman–Crippen LogP) is 4.91. The minimum atomic E-state index is -4.00. The molecule has 0 atom stereocenters. The van der Waals surface area contributed by atoms with Crippen molar-refractivity contribution in [1.29, 1.82) is 0 Å². The van der Waals surface area contributed by atoms with E-state index in [9.17, 15) is 17.6 Å². The van der Waals surface area contributed by atoms with Gasteiger partial charge >= 0.3 is 0 Å². The van der Waals surface area contributed by atoms with Crippen LogP contribution in [0, 0.1) is 5.82 Å². The number of fused-ring (bicyclic) bond motifs is 1. The topological polar surface area (TPSA) is 120 Å². The summed E-state index contributed by atoms with van der Waals surface area (Å²) < 4.78 is 45.8. The highest BCUT2D eigenvalue weighted by Crippen LogP contribution is 2.31. The van der Waals surface area contributed by atoms with Gasteiger partial charge in [-0.15, -0.1) is 0 Å². The average molecular weight is 621 g/mol. The second kappa shape index (κ2) is 12.5. The molecule has 3 aromatic carbocycles. The summed E-state index contributed by atoms with van der Waals surface area (Å²) >= 11 is 0. The lowest BCUT2D eigenvalue weighted by Gasteiger charge is -2.37. The molecule has 10 nitrogen and oxygen atoms in total. The summed E-state index contributed by atoms with van der Waals surface area (Å²) in [6.07, 6.45) is 3.82. The summed E-state index contributed by atoms with van der Waals surface area (Å²) in [6.45, 7) is 3.20. The van der Waals surface area contributed by atoms with Crippen molar-refractivity contribution in [3.05, 3.63) is 72.0 Å². The number of anilines is 3. The third-order valence-electron chi connectivity index (χ3n) is 8.57. The zero-order valence-corrected chi connectivity index (χ0v) is 25.7. The number of hydrogen-bond acceptors (Lipinski definition) is 8. The number of carbonyl (C=O) groups is 1. The number of hydrogen-bond donors (Lipinski definition) is 3. The molecule has 6 rings (SSSR count). The molecular weight excluding hydrogens is 583 g/mol. The monoisotopic (exact) mass is 620 g/mol. The quantitative estimate of drug-likeness (QED) is 0.254. The van der Waals surface area contributed by atoms with Gasteiger partial charge in [-0.1, -0.05) is 6.07 Å². The maximum atomic E-state index is 13.8. The number of piperidine rings is 1. The summed E-state index contributed by atoms with van der Waals surface area (Å²) in [5.41, 5.74) is 2.81. The summed E-state index contributed by atoms with van der Waals surface area (Å²) in [6, 6.07) is 15.9. The first-order valence-corrected chi connectivity index (χ1v) is 16.4. The minimum Gasteiger partial charge on any atom is -0.381 e. The van der Waals surface area contributed by atoms with Crippen LogP contribution in [-0.2, 0) is 14.6 Å². The molecule has 0 bridgehead atoms. The number of ether oxygens (including phenoxy) is 1. The van der Waals surface area contributed by atoms with E-state index in [0.717, 1.165) is 56.2 Å². The Morgan fingerprint density at radius 2 is 1.75 bits per heavy atom. The molecule has 4 aromatic rings. The number of halogens is 1. The van der Waals surface area contributed by atoms with Crippen LogP contribution in [0.1, 0.15) is 36.0 Å². The summed E-state index contributed by atoms with van der Waals surface area (Å²) in [5.74, 6) is -0.810. The van der Waals surface area contributed by atoms with Crippen LogP contribution in [0.15, 0.2) is 70.5 Å². The molecule has 0 aliphatic carbocycles. The largest absolute Gasteiger partial charge is 0.381 e. The average Bonchev–Trinajstić information content (AvgIpc) is 3.43. The molecule has 3 N–H and O–H groups in total. The number of rotatable bonds is 8. The van der Waals surface area contributed by atoms with Crippen molar-refractivity contribution in [1.82, 2.24) is 15.1 Å². The Bertz CT molecular complexity index is 1760. The van der Waals surface area contributed by atoms with E-state index >= 15 is 0 Å². The molecule has 44 heavy (non-hydrogen) atoms. The number of benzene rings is 3. The molecule has 3 heterocycles. The van der Waals surface area contributed by atoms with Gasteiger partial charge in [0.25, 0.3) is 5.91 Å². The number of sulfone groups is 1. The summed E-state index contributed by atoms with van der Waals surface area (Å²) in [5, 5.41) is 14.0. The van der Waals surface area contributed by atoms with Gasteiger partial charge in [-0.25, -0.2) is 12.8 Å². The molecule has 2 aliphatic heterocycles. The molecule has 232 valence electrons. The van der Waals surface area contributed by atoms with Crippen LogP contribution in [0.5, 0.6) is 0 Å². The zero-order chi connectivity index (χ0) is 30.8. The van der Waals surface area contributed by atoms with Crippen LogP contribution in [0.2, 0.25) is 0 Å². The van der Waals surface area contributed by atoms with Crippen molar-refractivity contribution in [2.45, 2.75) is 47.6 Å². The number of aromatic amines is 1. The third kappa shape index (κ3) is 6.28. The van der Waals surface area contributed by atoms with Gasteiger partial charge in [0.1, 0.15) is 5.82 Å². The van der Waals surface area contributed by atoms with Crippen molar-refractivity contribution in [3.63, 3.8) is 0 Å². The molecule has 0 unspecified atom stereocenters. The Morgan fingerprint density at radius 1 is 1.00 bits per heavy atom. The Labute approximate surface area is 256 Å². The Morgan fingerprint density at radius 3 is 2.48 bits per heavy atom. The van der Waals surface area contributed by atoms with E-state index in [1.54, 1.807) is 6.07 Å². The lowest BCUT2D eigenvalue weighted by Crippen LogP contribution is -2.42. The third-order valence-corrected chi connectivity index (χ3v) is 10.3.